The van der Waals surface area contributed by atoms with Gasteiger partial charge in [-0.2, -0.15) is 0 Å². The Bertz CT molecular complexity index is 835. The number of hydrogen-bond donors (Lipinski definition) is 0. The number of nitrogens with zero attached hydrogens (tertiary/aromatic N) is 3. The zero-order valence-corrected chi connectivity index (χ0v) is 15.3. The van der Waals surface area contributed by atoms with Crippen LogP contribution in [-0.2, 0) is 6.54 Å². The van der Waals surface area contributed by atoms with E-state index in [1.165, 1.54) is 22.3 Å². The predicted molar refractivity (Wildman–Crippen MR) is 108 cm³/mol. The number of piperazine rings is 1. The van der Waals surface area contributed by atoms with Gasteiger partial charge in [0.05, 0.1) is 0 Å². The van der Waals surface area contributed by atoms with Crippen LogP contribution in [0.25, 0.3) is 11.1 Å². The van der Waals surface area contributed by atoms with Gasteiger partial charge in [0.2, 0.25) is 0 Å². The third-order valence-corrected chi connectivity index (χ3v) is 5.08. The number of benzene rings is 2. The molecule has 0 aliphatic carbocycles. The minimum Gasteiger partial charge on any atom is -0.354 e. The van der Waals surface area contributed by atoms with Crippen LogP contribution in [0, 0.1) is 6.92 Å². The molecule has 0 saturated carbocycles. The van der Waals surface area contributed by atoms with Gasteiger partial charge in [0.1, 0.15) is 5.82 Å². The second-order valence-corrected chi connectivity index (χ2v) is 7.02. The molecule has 4 rings (SSSR count). The highest BCUT2D eigenvalue weighted by molar-refractivity contribution is 5.66. The maximum absolute atomic E-state index is 4.61. The van der Waals surface area contributed by atoms with Crippen molar-refractivity contribution < 1.29 is 0 Å². The third-order valence-electron chi connectivity index (χ3n) is 5.08. The summed E-state index contributed by atoms with van der Waals surface area (Å²) >= 11 is 0. The minimum atomic E-state index is 1.02. The Balaban J connectivity index is 1.39. The Hall–Kier alpha value is -2.65. The molecule has 0 radical (unpaired) electrons. The lowest BCUT2D eigenvalue weighted by Gasteiger charge is -2.35. The Morgan fingerprint density at radius 2 is 1.54 bits per heavy atom. The number of hydrogen-bond acceptors (Lipinski definition) is 3. The van der Waals surface area contributed by atoms with Crippen LogP contribution in [0.3, 0.4) is 0 Å². The highest BCUT2D eigenvalue weighted by Gasteiger charge is 2.18. The van der Waals surface area contributed by atoms with Crippen LogP contribution in [-0.4, -0.2) is 36.1 Å². The van der Waals surface area contributed by atoms with Crippen LogP contribution < -0.4 is 4.90 Å². The van der Waals surface area contributed by atoms with Crippen LogP contribution in [0.5, 0.6) is 0 Å². The van der Waals surface area contributed by atoms with Crippen molar-refractivity contribution in [2.45, 2.75) is 13.5 Å². The highest BCUT2D eigenvalue weighted by Crippen LogP contribution is 2.23. The maximum Gasteiger partial charge on any atom is 0.129 e. The van der Waals surface area contributed by atoms with E-state index >= 15 is 0 Å². The molecular formula is C23H25N3. The predicted octanol–water partition coefficient (Wildman–Crippen LogP) is 4.38. The molecule has 3 aromatic rings. The van der Waals surface area contributed by atoms with Gasteiger partial charge in [-0.15, -0.1) is 0 Å². The summed E-state index contributed by atoms with van der Waals surface area (Å²) in [6, 6.07) is 23.7. The normalized spacial score (nSPS) is 15.2. The van der Waals surface area contributed by atoms with E-state index in [0.29, 0.717) is 0 Å². The zero-order chi connectivity index (χ0) is 17.8. The van der Waals surface area contributed by atoms with Crippen LogP contribution in [0.1, 0.15) is 11.1 Å². The summed E-state index contributed by atoms with van der Waals surface area (Å²) in [6.07, 6.45) is 1.93. The Kier molecular flexibility index (Phi) is 4.98. The summed E-state index contributed by atoms with van der Waals surface area (Å²) in [7, 11) is 0. The fourth-order valence-corrected chi connectivity index (χ4v) is 3.49. The molecule has 26 heavy (non-hydrogen) atoms. The van der Waals surface area contributed by atoms with Crippen molar-refractivity contribution in [3.8, 4) is 11.1 Å². The van der Waals surface area contributed by atoms with Gasteiger partial charge in [0, 0.05) is 38.9 Å². The van der Waals surface area contributed by atoms with Crippen molar-refractivity contribution in [3.05, 3.63) is 84.1 Å². The first-order valence-electron chi connectivity index (χ1n) is 9.32. The summed E-state index contributed by atoms with van der Waals surface area (Å²) in [5.41, 5.74) is 5.20. The van der Waals surface area contributed by atoms with E-state index in [0.717, 1.165) is 38.5 Å². The fraction of sp³-hybridized carbons (Fsp3) is 0.261. The summed E-state index contributed by atoms with van der Waals surface area (Å²) in [5.74, 6) is 1.08. The zero-order valence-electron chi connectivity index (χ0n) is 15.3. The second-order valence-electron chi connectivity index (χ2n) is 7.02. The standard InChI is InChI=1S/C23H25N3/c1-19-7-9-20(10-8-19)18-25-13-15-26(16-14-25)23-17-22(11-12-24-23)21-5-3-2-4-6-21/h2-12,17H,13-16,18H2,1H3. The molecule has 0 amide bonds. The third kappa shape index (κ3) is 3.94. The van der Waals surface area contributed by atoms with Crippen molar-refractivity contribution in [1.82, 2.24) is 9.88 Å². The van der Waals surface area contributed by atoms with Gasteiger partial charge >= 0.3 is 0 Å². The lowest BCUT2D eigenvalue weighted by atomic mass is 10.1. The molecule has 0 N–H and O–H groups in total. The van der Waals surface area contributed by atoms with Gasteiger partial charge in [-0.3, -0.25) is 4.90 Å². The van der Waals surface area contributed by atoms with E-state index in [1.807, 2.05) is 6.20 Å². The lowest BCUT2D eigenvalue weighted by Crippen LogP contribution is -2.46. The van der Waals surface area contributed by atoms with Gasteiger partial charge in [-0.1, -0.05) is 60.2 Å². The molecule has 1 aliphatic rings. The van der Waals surface area contributed by atoms with Crippen LogP contribution in [0.4, 0.5) is 5.82 Å². The van der Waals surface area contributed by atoms with E-state index < -0.39 is 0 Å². The van der Waals surface area contributed by atoms with Crippen LogP contribution in [0.2, 0.25) is 0 Å². The van der Waals surface area contributed by atoms with Gasteiger partial charge in [-0.25, -0.2) is 4.98 Å². The van der Waals surface area contributed by atoms with E-state index in [1.54, 1.807) is 0 Å². The van der Waals surface area contributed by atoms with Gasteiger partial charge in [-0.05, 0) is 35.7 Å². The van der Waals surface area contributed by atoms with Crippen LogP contribution in [0.15, 0.2) is 72.9 Å². The number of pyridine rings is 1. The first kappa shape index (κ1) is 16.8. The molecule has 1 saturated heterocycles. The van der Waals surface area contributed by atoms with Crippen LogP contribution >= 0.6 is 0 Å². The average Bonchev–Trinajstić information content (AvgIpc) is 2.71. The second kappa shape index (κ2) is 7.71. The molecule has 3 nitrogen and oxygen atoms in total. The first-order chi connectivity index (χ1) is 12.8. The van der Waals surface area contributed by atoms with E-state index in [4.69, 9.17) is 0 Å². The molecule has 132 valence electrons. The van der Waals surface area contributed by atoms with Crippen molar-refractivity contribution in [1.29, 1.82) is 0 Å². The number of anilines is 1. The van der Waals surface area contributed by atoms with E-state index in [-0.39, 0.29) is 0 Å². The maximum atomic E-state index is 4.61. The summed E-state index contributed by atoms with van der Waals surface area (Å²) < 4.78 is 0. The smallest absolute Gasteiger partial charge is 0.129 e. The summed E-state index contributed by atoms with van der Waals surface area (Å²) in [6.45, 7) is 7.37. The summed E-state index contributed by atoms with van der Waals surface area (Å²) in [4.78, 5) is 9.55. The quantitative estimate of drug-likeness (QED) is 0.701. The molecule has 2 aromatic carbocycles. The monoisotopic (exact) mass is 343 g/mol. The topological polar surface area (TPSA) is 19.4 Å². The molecule has 1 fully saturated rings. The van der Waals surface area contributed by atoms with Crippen molar-refractivity contribution in [3.63, 3.8) is 0 Å². The van der Waals surface area contributed by atoms with Gasteiger partial charge < -0.3 is 4.90 Å². The van der Waals surface area contributed by atoms with E-state index in [2.05, 4.69) is 88.4 Å². The van der Waals surface area contributed by atoms with Crippen molar-refractivity contribution in [2.75, 3.05) is 31.1 Å². The highest BCUT2D eigenvalue weighted by atomic mass is 15.3. The molecule has 1 aromatic heterocycles. The fourth-order valence-electron chi connectivity index (χ4n) is 3.49. The van der Waals surface area contributed by atoms with Crippen molar-refractivity contribution >= 4 is 5.82 Å². The molecule has 0 spiro atoms. The molecule has 0 atom stereocenters. The molecular weight excluding hydrogens is 318 g/mol. The SMILES string of the molecule is Cc1ccc(CN2CCN(c3cc(-c4ccccc4)ccn3)CC2)cc1. The largest absolute Gasteiger partial charge is 0.354 e. The Morgan fingerprint density at radius 3 is 2.27 bits per heavy atom. The van der Waals surface area contributed by atoms with Crippen molar-refractivity contribution in [2.24, 2.45) is 0 Å². The average molecular weight is 343 g/mol. The molecule has 0 unspecified atom stereocenters. The number of aromatic nitrogens is 1. The molecule has 1 aliphatic heterocycles. The Morgan fingerprint density at radius 1 is 0.808 bits per heavy atom. The van der Waals surface area contributed by atoms with E-state index in [9.17, 15) is 0 Å². The molecule has 3 heteroatoms. The minimum absolute atomic E-state index is 1.02. The van der Waals surface area contributed by atoms with Gasteiger partial charge in [0.25, 0.3) is 0 Å². The summed E-state index contributed by atoms with van der Waals surface area (Å²) in [5, 5.41) is 0. The Labute approximate surface area is 155 Å². The lowest BCUT2D eigenvalue weighted by molar-refractivity contribution is 0.249. The molecule has 0 bridgehead atoms. The number of aryl methyl sites for hydroxylation is 1. The first-order valence-corrected chi connectivity index (χ1v) is 9.32. The van der Waals surface area contributed by atoms with Gasteiger partial charge in [0.15, 0.2) is 0 Å². The number of rotatable bonds is 4. The molecule has 2 heterocycles.